The van der Waals surface area contributed by atoms with Crippen LogP contribution in [-0.2, 0) is 11.8 Å². The Bertz CT molecular complexity index is 648. The number of nitrogens with zero attached hydrogens (tertiary/aromatic N) is 4. The summed E-state index contributed by atoms with van der Waals surface area (Å²) in [6.45, 7) is 2.06. The first-order valence-corrected chi connectivity index (χ1v) is 7.70. The Morgan fingerprint density at radius 3 is 2.91 bits per heavy atom. The number of aryl methyl sites for hydroxylation is 1. The summed E-state index contributed by atoms with van der Waals surface area (Å²) >= 11 is 0. The summed E-state index contributed by atoms with van der Waals surface area (Å²) < 4.78 is 1.87. The van der Waals surface area contributed by atoms with E-state index in [1.165, 1.54) is 11.3 Å². The van der Waals surface area contributed by atoms with Crippen LogP contribution in [0.3, 0.4) is 0 Å². The summed E-state index contributed by atoms with van der Waals surface area (Å²) in [5.74, 6) is 3.08. The average molecular weight is 299 g/mol. The lowest BCUT2D eigenvalue weighted by atomic mass is 10.0. The predicted octanol–water partition coefficient (Wildman–Crippen LogP) is 2.06. The van der Waals surface area contributed by atoms with Gasteiger partial charge in [-0.2, -0.15) is 15.3 Å². The number of rotatable bonds is 7. The molecule has 0 saturated heterocycles. The molecule has 1 N–H and O–H groups in total. The highest BCUT2D eigenvalue weighted by molar-refractivity contribution is 5.77. The zero-order valence-corrected chi connectivity index (χ0v) is 13.0. The van der Waals surface area contributed by atoms with Crippen molar-refractivity contribution >= 4 is 5.91 Å². The number of nitrogens with one attached hydrogen (secondary N) is 1. The lowest BCUT2D eigenvalue weighted by Gasteiger charge is -2.09. The fourth-order valence-corrected chi connectivity index (χ4v) is 2.84. The van der Waals surface area contributed by atoms with Crippen molar-refractivity contribution in [3.05, 3.63) is 17.5 Å². The zero-order chi connectivity index (χ0) is 15.7. The second-order valence-corrected chi connectivity index (χ2v) is 6.21. The summed E-state index contributed by atoms with van der Waals surface area (Å²) in [6, 6.07) is 0.241. The van der Waals surface area contributed by atoms with Gasteiger partial charge in [0.25, 0.3) is 0 Å². The molecule has 1 aliphatic heterocycles. The van der Waals surface area contributed by atoms with Crippen LogP contribution in [0.1, 0.15) is 49.3 Å². The van der Waals surface area contributed by atoms with Crippen molar-refractivity contribution in [3.8, 4) is 12.3 Å². The topological polar surface area (TPSA) is 71.6 Å². The molecule has 1 aromatic heterocycles. The Morgan fingerprint density at radius 2 is 2.32 bits per heavy atom. The number of carbonyl (C=O) groups is 1. The van der Waals surface area contributed by atoms with E-state index in [2.05, 4.69) is 33.5 Å². The molecule has 0 aromatic carbocycles. The first-order chi connectivity index (χ1) is 10.5. The van der Waals surface area contributed by atoms with E-state index >= 15 is 0 Å². The minimum atomic E-state index is -0.368. The van der Waals surface area contributed by atoms with Crippen molar-refractivity contribution in [1.82, 2.24) is 15.1 Å². The van der Waals surface area contributed by atoms with E-state index in [9.17, 15) is 4.79 Å². The van der Waals surface area contributed by atoms with Crippen LogP contribution in [0.15, 0.2) is 16.4 Å². The zero-order valence-electron chi connectivity index (χ0n) is 13.0. The Kier molecular flexibility index (Phi) is 3.73. The minimum Gasteiger partial charge on any atom is -0.353 e. The third-order valence-electron chi connectivity index (χ3n) is 4.61. The second kappa shape index (κ2) is 5.56. The van der Waals surface area contributed by atoms with Gasteiger partial charge in [0.05, 0.1) is 6.20 Å². The first-order valence-electron chi connectivity index (χ1n) is 7.70. The van der Waals surface area contributed by atoms with Crippen LogP contribution in [-0.4, -0.2) is 27.4 Å². The number of hydrogen-bond acceptors (Lipinski definition) is 4. The van der Waals surface area contributed by atoms with Gasteiger partial charge in [-0.1, -0.05) is 0 Å². The third-order valence-corrected chi connectivity index (χ3v) is 4.61. The maximum Gasteiger partial charge on any atom is 0.220 e. The average Bonchev–Trinajstić information content (AvgIpc) is 3.40. The summed E-state index contributed by atoms with van der Waals surface area (Å²) in [5.41, 5.74) is 2.04. The van der Waals surface area contributed by atoms with Gasteiger partial charge in [-0.25, -0.2) is 0 Å². The van der Waals surface area contributed by atoms with E-state index in [0.29, 0.717) is 25.2 Å². The molecule has 0 bridgehead atoms. The lowest BCUT2D eigenvalue weighted by molar-refractivity contribution is -0.121. The fourth-order valence-electron chi connectivity index (χ4n) is 2.84. The molecule has 1 saturated carbocycles. The molecule has 0 radical (unpaired) electrons. The van der Waals surface area contributed by atoms with Gasteiger partial charge >= 0.3 is 0 Å². The number of terminal acetylenes is 1. The summed E-state index contributed by atoms with van der Waals surface area (Å²) in [5, 5.41) is 15.5. The molecule has 6 nitrogen and oxygen atoms in total. The number of aromatic nitrogens is 2. The smallest absolute Gasteiger partial charge is 0.220 e. The van der Waals surface area contributed by atoms with Crippen molar-refractivity contribution in [2.45, 2.75) is 56.7 Å². The van der Waals surface area contributed by atoms with Gasteiger partial charge < -0.3 is 5.32 Å². The molecule has 6 heteroatoms. The molecule has 2 atom stereocenters. The van der Waals surface area contributed by atoms with Gasteiger partial charge in [0.2, 0.25) is 5.91 Å². The molecule has 1 fully saturated rings. The van der Waals surface area contributed by atoms with Crippen molar-refractivity contribution < 1.29 is 4.79 Å². The summed E-state index contributed by atoms with van der Waals surface area (Å²) in [6.07, 6.45) is 10.7. The van der Waals surface area contributed by atoms with Crippen LogP contribution >= 0.6 is 0 Å². The maximum absolute atomic E-state index is 12.1. The molecular formula is C16H21N5O. The third kappa shape index (κ3) is 3.03. The normalized spacial score (nSPS) is 23.9. The number of hydrogen-bond donors (Lipinski definition) is 1. The minimum absolute atomic E-state index is 0.0754. The van der Waals surface area contributed by atoms with Crippen LogP contribution < -0.4 is 5.32 Å². The van der Waals surface area contributed by atoms with E-state index in [4.69, 9.17) is 6.42 Å². The predicted molar refractivity (Wildman–Crippen MR) is 82.1 cm³/mol. The van der Waals surface area contributed by atoms with E-state index in [1.54, 1.807) is 0 Å². The Morgan fingerprint density at radius 1 is 1.55 bits per heavy atom. The lowest BCUT2D eigenvalue weighted by Crippen LogP contribution is -2.28. The molecular weight excluding hydrogens is 278 g/mol. The van der Waals surface area contributed by atoms with Crippen LogP contribution in [0.2, 0.25) is 0 Å². The van der Waals surface area contributed by atoms with E-state index in [1.807, 2.05) is 17.9 Å². The molecule has 1 amide bonds. The first kappa shape index (κ1) is 14.8. The van der Waals surface area contributed by atoms with Gasteiger partial charge in [0.1, 0.15) is 0 Å². The molecule has 22 heavy (non-hydrogen) atoms. The van der Waals surface area contributed by atoms with Gasteiger partial charge in [-0.3, -0.25) is 9.48 Å². The fraction of sp³-hybridized carbons (Fsp3) is 0.625. The molecule has 3 rings (SSSR count). The second-order valence-electron chi connectivity index (χ2n) is 6.21. The Hall–Kier alpha value is -2.16. The molecule has 1 aliphatic carbocycles. The Balaban J connectivity index is 1.42. The van der Waals surface area contributed by atoms with Gasteiger partial charge in [0, 0.05) is 50.4 Å². The number of amides is 1. The van der Waals surface area contributed by atoms with Crippen molar-refractivity contribution in [1.29, 1.82) is 0 Å². The number of carbonyl (C=O) groups excluding carboxylic acids is 1. The van der Waals surface area contributed by atoms with Crippen LogP contribution in [0.5, 0.6) is 0 Å². The molecule has 116 valence electrons. The highest BCUT2D eigenvalue weighted by Gasteiger charge is 2.43. The Labute approximate surface area is 130 Å². The van der Waals surface area contributed by atoms with Crippen LogP contribution in [0, 0.1) is 19.3 Å². The van der Waals surface area contributed by atoms with Crippen molar-refractivity contribution in [2.24, 2.45) is 17.3 Å². The molecule has 1 aromatic rings. The van der Waals surface area contributed by atoms with Crippen LogP contribution in [0.4, 0.5) is 0 Å². The maximum atomic E-state index is 12.1. The molecule has 2 aliphatic rings. The van der Waals surface area contributed by atoms with Gasteiger partial charge in [-0.05, 0) is 18.9 Å². The molecule has 0 spiro atoms. The van der Waals surface area contributed by atoms with E-state index in [-0.39, 0.29) is 17.6 Å². The SMILES string of the molecule is C#CCCC1(CCC(=O)N[C@@H]2C[C@H]2c2cnn(C)c2C)N=N1. The quantitative estimate of drug-likeness (QED) is 0.783. The molecule has 2 heterocycles. The van der Waals surface area contributed by atoms with Gasteiger partial charge in [-0.15, -0.1) is 12.3 Å². The standard InChI is InChI=1S/C16H21N5O/c1-4-5-7-16(19-20-16)8-6-15(22)18-14-9-12(14)13-10-17-21(3)11(13)2/h1,10,12,14H,5-9H2,2-3H3,(H,18,22)/t12-,14+/m0/s1. The highest BCUT2D eigenvalue weighted by Crippen LogP contribution is 2.42. The summed E-state index contributed by atoms with van der Waals surface area (Å²) in [7, 11) is 1.94. The van der Waals surface area contributed by atoms with E-state index < -0.39 is 0 Å². The molecule has 0 unspecified atom stereocenters. The van der Waals surface area contributed by atoms with Crippen molar-refractivity contribution in [2.75, 3.05) is 0 Å². The van der Waals surface area contributed by atoms with E-state index in [0.717, 1.165) is 12.8 Å². The monoisotopic (exact) mass is 299 g/mol. The summed E-state index contributed by atoms with van der Waals surface area (Å²) in [4.78, 5) is 12.1. The van der Waals surface area contributed by atoms with Crippen LogP contribution in [0.25, 0.3) is 0 Å². The van der Waals surface area contributed by atoms with Gasteiger partial charge in [0.15, 0.2) is 5.66 Å². The van der Waals surface area contributed by atoms with Crippen molar-refractivity contribution in [3.63, 3.8) is 0 Å². The largest absolute Gasteiger partial charge is 0.353 e. The highest BCUT2D eigenvalue weighted by atomic mass is 16.1.